The van der Waals surface area contributed by atoms with Gasteiger partial charge in [0.2, 0.25) is 0 Å². The fourth-order valence-electron chi connectivity index (χ4n) is 5.38. The first kappa shape index (κ1) is 52.1. The van der Waals surface area contributed by atoms with E-state index in [0.717, 1.165) is 70.6 Å². The van der Waals surface area contributed by atoms with Gasteiger partial charge in [-0.15, -0.1) is 0 Å². The van der Waals surface area contributed by atoms with E-state index in [1.54, 1.807) is 0 Å². The average molecular weight is 775 g/mol. The predicted octanol–water partition coefficient (Wildman–Crippen LogP) is 14.0. The fourth-order valence-corrected chi connectivity index (χ4v) is 5.38. The zero-order valence-electron chi connectivity index (χ0n) is 35.6. The molecule has 0 amide bonds. The lowest BCUT2D eigenvalue weighted by molar-refractivity contribution is -0.167. The molecule has 0 aromatic rings. The predicted molar refractivity (Wildman–Crippen MR) is 237 cm³/mol. The Balaban J connectivity index is 4.56. The number of unbranched alkanes of at least 4 members (excludes halogenated alkanes) is 13. The topological polar surface area (TPSA) is 78.9 Å². The van der Waals surface area contributed by atoms with E-state index in [-0.39, 0.29) is 31.6 Å². The summed E-state index contributed by atoms with van der Waals surface area (Å²) in [4.78, 5) is 37.6. The Bertz CT molecular complexity index is 1210. The van der Waals surface area contributed by atoms with Gasteiger partial charge in [-0.25, -0.2) is 0 Å². The van der Waals surface area contributed by atoms with Crippen LogP contribution < -0.4 is 0 Å². The van der Waals surface area contributed by atoms with Gasteiger partial charge >= 0.3 is 17.9 Å². The van der Waals surface area contributed by atoms with Crippen LogP contribution in [0.1, 0.15) is 168 Å². The highest BCUT2D eigenvalue weighted by atomic mass is 16.6. The van der Waals surface area contributed by atoms with Crippen LogP contribution in [-0.2, 0) is 28.6 Å². The molecule has 6 nitrogen and oxygen atoms in total. The van der Waals surface area contributed by atoms with Gasteiger partial charge in [-0.3, -0.25) is 14.4 Å². The number of esters is 3. The molecule has 0 spiro atoms. The van der Waals surface area contributed by atoms with Crippen LogP contribution in [0.4, 0.5) is 0 Å². The first-order chi connectivity index (χ1) is 27.5. The summed E-state index contributed by atoms with van der Waals surface area (Å²) in [5.41, 5.74) is 0. The number of ether oxygens (including phenoxy) is 3. The summed E-state index contributed by atoms with van der Waals surface area (Å²) in [7, 11) is 0. The Kier molecular flexibility index (Phi) is 40.7. The van der Waals surface area contributed by atoms with Crippen LogP contribution in [0, 0.1) is 0 Å². The van der Waals surface area contributed by atoms with Gasteiger partial charge in [0.1, 0.15) is 13.2 Å². The Morgan fingerprint density at radius 1 is 0.393 bits per heavy atom. The van der Waals surface area contributed by atoms with Crippen molar-refractivity contribution in [1.82, 2.24) is 0 Å². The van der Waals surface area contributed by atoms with Crippen LogP contribution in [0.15, 0.2) is 109 Å². The quantitative estimate of drug-likeness (QED) is 0.0206. The molecule has 0 aliphatic carbocycles. The monoisotopic (exact) mass is 775 g/mol. The van der Waals surface area contributed by atoms with Crippen molar-refractivity contribution in [2.45, 2.75) is 175 Å². The Morgan fingerprint density at radius 3 is 1.39 bits per heavy atom. The first-order valence-electron chi connectivity index (χ1n) is 22.0. The molecule has 56 heavy (non-hydrogen) atoms. The van der Waals surface area contributed by atoms with Crippen LogP contribution in [-0.4, -0.2) is 37.2 Å². The SMILES string of the molecule is CC\C=C/C=C\C=C/C=C\C=C/CCCC(=O)OC(COC(=O)CCCC/C=C\C/C=C\CC)COC(=O)CCCCC/C=C\C=C/CCCCCCCCC. The summed E-state index contributed by atoms with van der Waals surface area (Å²) in [5, 5.41) is 0. The lowest BCUT2D eigenvalue weighted by Crippen LogP contribution is -2.30. The standard InChI is InChI=1S/C50H78O6/c1-4-7-10-13-16-19-21-23-24-25-27-28-31-34-37-40-43-49(52)55-46-47(45-54-48(51)42-39-36-33-30-18-15-12-9-6-3)56-50(53)44-41-38-35-32-29-26-22-20-17-14-11-8-5-2/h8-9,11-12,14,17-18,20,22,24-30,32,35,47H,4-7,10,13,15-16,19,21,23,31,33-34,36-46H2,1-3H3/b11-8-,12-9-,17-14-,22-20-,25-24-,28-27-,29-26-,30-18-,35-32-. The molecule has 0 radical (unpaired) electrons. The van der Waals surface area contributed by atoms with E-state index >= 15 is 0 Å². The summed E-state index contributed by atoms with van der Waals surface area (Å²) in [6.45, 7) is 6.20. The number of hydrogen-bond acceptors (Lipinski definition) is 6. The van der Waals surface area contributed by atoms with Gasteiger partial charge in [0.25, 0.3) is 0 Å². The molecule has 1 atom stereocenters. The van der Waals surface area contributed by atoms with Gasteiger partial charge < -0.3 is 14.2 Å². The number of allylic oxidation sites excluding steroid dienone is 18. The zero-order valence-corrected chi connectivity index (χ0v) is 35.6. The smallest absolute Gasteiger partial charge is 0.306 e. The van der Waals surface area contributed by atoms with Gasteiger partial charge in [0.05, 0.1) is 0 Å². The van der Waals surface area contributed by atoms with E-state index in [9.17, 15) is 14.4 Å². The van der Waals surface area contributed by atoms with Gasteiger partial charge in [0, 0.05) is 19.3 Å². The van der Waals surface area contributed by atoms with Gasteiger partial charge in [-0.1, -0.05) is 175 Å². The van der Waals surface area contributed by atoms with Crippen molar-refractivity contribution in [3.05, 3.63) is 109 Å². The molecule has 0 aromatic heterocycles. The molecule has 314 valence electrons. The van der Waals surface area contributed by atoms with Crippen molar-refractivity contribution in [3.63, 3.8) is 0 Å². The van der Waals surface area contributed by atoms with E-state index in [4.69, 9.17) is 14.2 Å². The highest BCUT2D eigenvalue weighted by molar-refractivity contribution is 5.71. The van der Waals surface area contributed by atoms with Crippen molar-refractivity contribution in [2.75, 3.05) is 13.2 Å². The Labute approximate surface area is 342 Å². The van der Waals surface area contributed by atoms with Crippen molar-refractivity contribution < 1.29 is 28.6 Å². The molecule has 6 heteroatoms. The second-order valence-corrected chi connectivity index (χ2v) is 14.0. The first-order valence-corrected chi connectivity index (χ1v) is 22.0. The number of rotatable bonds is 37. The third kappa shape index (κ3) is 41.2. The molecule has 0 bridgehead atoms. The molecule has 0 N–H and O–H groups in total. The van der Waals surface area contributed by atoms with E-state index in [1.165, 1.54) is 44.9 Å². The maximum atomic E-state index is 12.7. The summed E-state index contributed by atoms with van der Waals surface area (Å²) in [5.74, 6) is -1.08. The highest BCUT2D eigenvalue weighted by Gasteiger charge is 2.19. The van der Waals surface area contributed by atoms with E-state index in [1.807, 2.05) is 54.7 Å². The Hall–Kier alpha value is -3.93. The molecule has 0 aromatic carbocycles. The molecule has 0 aliphatic heterocycles. The lowest BCUT2D eigenvalue weighted by atomic mass is 10.1. The van der Waals surface area contributed by atoms with Crippen LogP contribution in [0.5, 0.6) is 0 Å². The third-order valence-electron chi connectivity index (χ3n) is 8.65. The number of carbonyl (C=O) groups is 3. The van der Waals surface area contributed by atoms with Crippen LogP contribution in [0.25, 0.3) is 0 Å². The maximum absolute atomic E-state index is 12.7. The molecule has 1 unspecified atom stereocenters. The van der Waals surface area contributed by atoms with Crippen molar-refractivity contribution in [2.24, 2.45) is 0 Å². The van der Waals surface area contributed by atoms with E-state index < -0.39 is 12.1 Å². The Morgan fingerprint density at radius 2 is 0.804 bits per heavy atom. The van der Waals surface area contributed by atoms with Crippen LogP contribution >= 0.6 is 0 Å². The largest absolute Gasteiger partial charge is 0.462 e. The van der Waals surface area contributed by atoms with E-state index in [0.29, 0.717) is 25.7 Å². The van der Waals surface area contributed by atoms with Crippen molar-refractivity contribution in [1.29, 1.82) is 0 Å². The second kappa shape index (κ2) is 43.8. The summed E-state index contributed by atoms with van der Waals surface area (Å²) < 4.78 is 16.5. The number of hydrogen-bond donors (Lipinski definition) is 0. The lowest BCUT2D eigenvalue weighted by Gasteiger charge is -2.18. The average Bonchev–Trinajstić information content (AvgIpc) is 3.19. The van der Waals surface area contributed by atoms with E-state index in [2.05, 4.69) is 75.5 Å². The molecule has 0 fully saturated rings. The minimum absolute atomic E-state index is 0.134. The highest BCUT2D eigenvalue weighted by Crippen LogP contribution is 2.11. The van der Waals surface area contributed by atoms with Crippen LogP contribution in [0.2, 0.25) is 0 Å². The second-order valence-electron chi connectivity index (χ2n) is 14.0. The molecule has 0 saturated carbocycles. The summed E-state index contributed by atoms with van der Waals surface area (Å²) >= 11 is 0. The fraction of sp³-hybridized carbons (Fsp3) is 0.580. The molecular weight excluding hydrogens is 697 g/mol. The summed E-state index contributed by atoms with van der Waals surface area (Å²) in [6, 6.07) is 0. The van der Waals surface area contributed by atoms with Crippen molar-refractivity contribution >= 4 is 17.9 Å². The molecule has 0 rings (SSSR count). The minimum atomic E-state index is -0.838. The third-order valence-corrected chi connectivity index (χ3v) is 8.65. The number of carbonyl (C=O) groups excluding carboxylic acids is 3. The summed E-state index contributed by atoms with van der Waals surface area (Å²) in [6.07, 6.45) is 58.1. The molecule has 0 aliphatic rings. The zero-order chi connectivity index (χ0) is 40.8. The normalized spacial score (nSPS) is 13.1. The van der Waals surface area contributed by atoms with Gasteiger partial charge in [-0.2, -0.15) is 0 Å². The van der Waals surface area contributed by atoms with Gasteiger partial charge in [0.15, 0.2) is 6.10 Å². The van der Waals surface area contributed by atoms with Crippen molar-refractivity contribution in [3.8, 4) is 0 Å². The molecule has 0 heterocycles. The van der Waals surface area contributed by atoms with Gasteiger partial charge in [-0.05, 0) is 83.5 Å². The molecule has 0 saturated heterocycles. The van der Waals surface area contributed by atoms with Crippen LogP contribution in [0.3, 0.4) is 0 Å². The minimum Gasteiger partial charge on any atom is -0.462 e. The molecular formula is C50H78O6. The maximum Gasteiger partial charge on any atom is 0.306 e.